The average Bonchev–Trinajstić information content (AvgIpc) is 2.76. The highest BCUT2D eigenvalue weighted by Gasteiger charge is 2.30. The van der Waals surface area contributed by atoms with Crippen molar-refractivity contribution in [3.05, 3.63) is 99.6 Å². The second-order valence-corrected chi connectivity index (χ2v) is 11.0. The lowest BCUT2D eigenvalue weighted by molar-refractivity contribution is -0.121. The van der Waals surface area contributed by atoms with Gasteiger partial charge in [-0.15, -0.1) is 0 Å². The van der Waals surface area contributed by atoms with Gasteiger partial charge in [-0.25, -0.2) is 8.42 Å². The van der Waals surface area contributed by atoms with Gasteiger partial charge in [0.15, 0.2) is 0 Å². The fourth-order valence-electron chi connectivity index (χ4n) is 4.17. The first kappa shape index (κ1) is 25.9. The summed E-state index contributed by atoms with van der Waals surface area (Å²) in [6.45, 7) is 7.32. The van der Waals surface area contributed by atoms with Crippen LogP contribution in [0.5, 0.6) is 0 Å². The van der Waals surface area contributed by atoms with Gasteiger partial charge in [0.1, 0.15) is 0 Å². The van der Waals surface area contributed by atoms with E-state index in [-0.39, 0.29) is 29.9 Å². The van der Waals surface area contributed by atoms with Crippen molar-refractivity contribution in [1.29, 1.82) is 0 Å². The highest BCUT2D eigenvalue weighted by Crippen LogP contribution is 2.26. The van der Waals surface area contributed by atoms with Crippen LogP contribution in [-0.2, 0) is 21.2 Å². The fourth-order valence-corrected chi connectivity index (χ4v) is 6.10. The average molecular weight is 499 g/mol. The molecule has 3 aromatic carbocycles. The van der Waals surface area contributed by atoms with E-state index >= 15 is 0 Å². The van der Waals surface area contributed by atoms with E-state index in [9.17, 15) is 13.2 Å². The quantitative estimate of drug-likeness (QED) is 0.431. The molecule has 0 saturated heterocycles. The Balaban J connectivity index is 1.85. The number of carbonyl (C=O) groups is 1. The second kappa shape index (κ2) is 11.2. The molecule has 0 saturated carbocycles. The Morgan fingerprint density at radius 2 is 1.56 bits per heavy atom. The van der Waals surface area contributed by atoms with Crippen molar-refractivity contribution < 1.29 is 13.2 Å². The number of nitrogens with zero attached hydrogens (tertiary/aromatic N) is 1. The van der Waals surface area contributed by atoms with Crippen molar-refractivity contribution in [3.8, 4) is 0 Å². The van der Waals surface area contributed by atoms with Gasteiger partial charge in [0.25, 0.3) is 0 Å². The summed E-state index contributed by atoms with van der Waals surface area (Å²) in [5.41, 5.74) is 4.25. The van der Waals surface area contributed by atoms with Crippen LogP contribution in [0.15, 0.2) is 71.6 Å². The Hall–Kier alpha value is -2.67. The number of benzene rings is 3. The molecule has 1 N–H and O–H groups in total. The van der Waals surface area contributed by atoms with Crippen LogP contribution in [0.1, 0.15) is 40.8 Å². The summed E-state index contributed by atoms with van der Waals surface area (Å²) >= 11 is 5.96. The number of rotatable bonds is 9. The zero-order valence-electron chi connectivity index (χ0n) is 20.0. The maximum atomic E-state index is 13.8. The van der Waals surface area contributed by atoms with Gasteiger partial charge in [-0.1, -0.05) is 71.8 Å². The monoisotopic (exact) mass is 498 g/mol. The highest BCUT2D eigenvalue weighted by atomic mass is 35.5. The zero-order chi connectivity index (χ0) is 24.9. The van der Waals surface area contributed by atoms with Crippen LogP contribution >= 0.6 is 11.6 Å². The van der Waals surface area contributed by atoms with Crippen LogP contribution in [-0.4, -0.2) is 31.7 Å². The van der Waals surface area contributed by atoms with Crippen LogP contribution in [0.3, 0.4) is 0 Å². The lowest BCUT2D eigenvalue weighted by atomic mass is 10.1. The van der Waals surface area contributed by atoms with Gasteiger partial charge in [0.2, 0.25) is 15.9 Å². The van der Waals surface area contributed by atoms with Crippen molar-refractivity contribution in [3.63, 3.8) is 0 Å². The second-order valence-electron chi connectivity index (χ2n) is 8.64. The molecule has 0 aliphatic heterocycles. The normalized spacial score (nSPS) is 12.5. The maximum absolute atomic E-state index is 13.8. The number of amides is 1. The first-order valence-corrected chi connectivity index (χ1v) is 13.1. The summed E-state index contributed by atoms with van der Waals surface area (Å²) in [5, 5.41) is 3.53. The molecular weight excluding hydrogens is 468 g/mol. The van der Waals surface area contributed by atoms with Crippen LogP contribution in [0.25, 0.3) is 0 Å². The molecule has 3 rings (SSSR count). The van der Waals surface area contributed by atoms with Crippen molar-refractivity contribution >= 4 is 27.5 Å². The lowest BCUT2D eigenvalue weighted by Crippen LogP contribution is -2.42. The van der Waals surface area contributed by atoms with Gasteiger partial charge in [-0.2, -0.15) is 4.31 Å². The predicted molar refractivity (Wildman–Crippen MR) is 138 cm³/mol. The largest absolute Gasteiger partial charge is 0.348 e. The number of nitrogens with one attached hydrogen (secondary N) is 1. The van der Waals surface area contributed by atoms with Gasteiger partial charge in [-0.3, -0.25) is 4.79 Å². The van der Waals surface area contributed by atoms with Crippen LogP contribution in [0.4, 0.5) is 0 Å². The topological polar surface area (TPSA) is 66.5 Å². The molecule has 180 valence electrons. The Morgan fingerprint density at radius 3 is 2.15 bits per heavy atom. The summed E-state index contributed by atoms with van der Waals surface area (Å²) in [7, 11) is -3.90. The SMILES string of the molecule is Cc1cc(C)c(S(=O)(=O)N(CCc2ccccc2)CC(=O)NC(C)c2ccc(Cl)cc2)c(C)c1. The third-order valence-electron chi connectivity index (χ3n) is 5.76. The highest BCUT2D eigenvalue weighted by molar-refractivity contribution is 7.89. The van der Waals surface area contributed by atoms with E-state index in [1.165, 1.54) is 4.31 Å². The predicted octanol–water partition coefficient (Wildman–Crippen LogP) is 5.38. The summed E-state index contributed by atoms with van der Waals surface area (Å²) < 4.78 is 28.8. The molecule has 5 nitrogen and oxygen atoms in total. The molecule has 0 bridgehead atoms. The van der Waals surface area contributed by atoms with Crippen LogP contribution < -0.4 is 5.32 Å². The number of sulfonamides is 1. The maximum Gasteiger partial charge on any atom is 0.244 e. The molecule has 3 aromatic rings. The summed E-state index contributed by atoms with van der Waals surface area (Å²) in [6.07, 6.45) is 0.504. The Labute approximate surface area is 207 Å². The molecule has 0 aromatic heterocycles. The van der Waals surface area contributed by atoms with Gasteiger partial charge in [0, 0.05) is 11.6 Å². The minimum atomic E-state index is -3.90. The standard InChI is InChI=1S/C27H31ClN2O3S/c1-19-16-20(2)27(21(3)17-19)34(32,33)30(15-14-23-8-6-5-7-9-23)18-26(31)29-22(4)24-10-12-25(28)13-11-24/h5-13,16-17,22H,14-15,18H2,1-4H3,(H,29,31). The molecule has 0 aliphatic carbocycles. The van der Waals surface area contributed by atoms with Crippen molar-refractivity contribution in [2.75, 3.05) is 13.1 Å². The minimum absolute atomic E-state index is 0.196. The summed E-state index contributed by atoms with van der Waals surface area (Å²) in [6, 6.07) is 20.3. The number of hydrogen-bond acceptors (Lipinski definition) is 3. The first-order valence-electron chi connectivity index (χ1n) is 11.2. The van der Waals surface area contributed by atoms with E-state index in [4.69, 9.17) is 11.6 Å². The number of halogens is 1. The van der Waals surface area contributed by atoms with Gasteiger partial charge in [-0.05, 0) is 68.5 Å². The van der Waals surface area contributed by atoms with E-state index < -0.39 is 10.0 Å². The Bertz CT molecular complexity index is 1220. The third kappa shape index (κ3) is 6.47. The van der Waals surface area contributed by atoms with Crippen molar-refractivity contribution in [1.82, 2.24) is 9.62 Å². The van der Waals surface area contributed by atoms with E-state index in [2.05, 4.69) is 5.32 Å². The van der Waals surface area contributed by atoms with Gasteiger partial charge < -0.3 is 5.32 Å². The molecule has 0 spiro atoms. The van der Waals surface area contributed by atoms with Gasteiger partial charge in [0.05, 0.1) is 17.5 Å². The van der Waals surface area contributed by atoms with Crippen LogP contribution in [0, 0.1) is 20.8 Å². The molecule has 34 heavy (non-hydrogen) atoms. The Morgan fingerprint density at radius 1 is 0.971 bits per heavy atom. The van der Waals surface area contributed by atoms with Crippen LogP contribution in [0.2, 0.25) is 5.02 Å². The zero-order valence-corrected chi connectivity index (χ0v) is 21.6. The molecule has 0 heterocycles. The van der Waals surface area contributed by atoms with E-state index in [1.54, 1.807) is 26.0 Å². The first-order chi connectivity index (χ1) is 16.1. The smallest absolute Gasteiger partial charge is 0.244 e. The summed E-state index contributed by atoms with van der Waals surface area (Å²) in [5.74, 6) is -0.360. The van der Waals surface area contributed by atoms with E-state index in [0.29, 0.717) is 22.6 Å². The Kier molecular flexibility index (Phi) is 8.52. The van der Waals surface area contributed by atoms with Crippen molar-refractivity contribution in [2.24, 2.45) is 0 Å². The molecule has 1 unspecified atom stereocenters. The molecule has 0 radical (unpaired) electrons. The minimum Gasteiger partial charge on any atom is -0.348 e. The van der Waals surface area contributed by atoms with Crippen molar-refractivity contribution in [2.45, 2.75) is 45.1 Å². The third-order valence-corrected chi connectivity index (χ3v) is 8.17. The molecular formula is C27H31ClN2O3S. The number of hydrogen-bond donors (Lipinski definition) is 1. The summed E-state index contributed by atoms with van der Waals surface area (Å²) in [4.78, 5) is 13.2. The fraction of sp³-hybridized carbons (Fsp3) is 0.296. The molecule has 1 atom stereocenters. The number of aryl methyl sites for hydroxylation is 3. The van der Waals surface area contributed by atoms with E-state index in [0.717, 1.165) is 16.7 Å². The van der Waals surface area contributed by atoms with E-state index in [1.807, 2.05) is 68.4 Å². The molecule has 1 amide bonds. The van der Waals surface area contributed by atoms with Gasteiger partial charge >= 0.3 is 0 Å². The lowest BCUT2D eigenvalue weighted by Gasteiger charge is -2.25. The number of carbonyl (C=O) groups excluding carboxylic acids is 1. The molecule has 0 fully saturated rings. The molecule has 7 heteroatoms. The molecule has 0 aliphatic rings.